The monoisotopic (exact) mass is 343 g/mol. The predicted molar refractivity (Wildman–Crippen MR) is 96.7 cm³/mol. The molecule has 0 radical (unpaired) electrons. The summed E-state index contributed by atoms with van der Waals surface area (Å²) in [5.74, 6) is 0.0620. The number of nitrogens with one attached hydrogen (secondary N) is 1. The van der Waals surface area contributed by atoms with Crippen molar-refractivity contribution in [2.24, 2.45) is 5.41 Å². The highest BCUT2D eigenvalue weighted by molar-refractivity contribution is 6.03. The van der Waals surface area contributed by atoms with E-state index in [9.17, 15) is 9.59 Å². The Kier molecular flexibility index (Phi) is 4.54. The SMILES string of the molecule is COC(=O)c1cccc2nc(NC(=O)CC(C)(C)C)n(C3CCC3)c12. The second-order valence-electron chi connectivity index (χ2n) is 7.84. The van der Waals surface area contributed by atoms with Crippen LogP contribution in [0.4, 0.5) is 5.95 Å². The van der Waals surface area contributed by atoms with Crippen LogP contribution in [-0.4, -0.2) is 28.5 Å². The molecule has 1 aliphatic carbocycles. The summed E-state index contributed by atoms with van der Waals surface area (Å²) in [6.07, 6.45) is 3.58. The summed E-state index contributed by atoms with van der Waals surface area (Å²) in [4.78, 5) is 29.2. The minimum absolute atomic E-state index is 0.0667. The molecule has 1 amide bonds. The summed E-state index contributed by atoms with van der Waals surface area (Å²) >= 11 is 0. The molecule has 3 rings (SSSR count). The van der Waals surface area contributed by atoms with E-state index in [1.807, 2.05) is 31.4 Å². The normalized spacial score (nSPS) is 15.0. The first-order valence-electron chi connectivity index (χ1n) is 8.69. The van der Waals surface area contributed by atoms with Crippen LogP contribution in [0.25, 0.3) is 11.0 Å². The molecule has 1 N–H and O–H groups in total. The minimum Gasteiger partial charge on any atom is -0.465 e. The Balaban J connectivity index is 2.06. The van der Waals surface area contributed by atoms with Crippen LogP contribution in [0.15, 0.2) is 18.2 Å². The number of carbonyl (C=O) groups is 2. The first-order valence-corrected chi connectivity index (χ1v) is 8.69. The van der Waals surface area contributed by atoms with Gasteiger partial charge in [0.15, 0.2) is 0 Å². The minimum atomic E-state index is -0.390. The molecule has 0 saturated heterocycles. The number of para-hydroxylation sites is 1. The van der Waals surface area contributed by atoms with Crippen molar-refractivity contribution >= 4 is 28.9 Å². The lowest BCUT2D eigenvalue weighted by Gasteiger charge is -2.29. The highest BCUT2D eigenvalue weighted by Crippen LogP contribution is 2.38. The zero-order valence-electron chi connectivity index (χ0n) is 15.3. The summed E-state index contributed by atoms with van der Waals surface area (Å²) in [6.45, 7) is 6.07. The quantitative estimate of drug-likeness (QED) is 0.854. The van der Waals surface area contributed by atoms with Crippen molar-refractivity contribution in [3.63, 3.8) is 0 Å². The average Bonchev–Trinajstić information content (AvgIpc) is 2.81. The van der Waals surface area contributed by atoms with Crippen molar-refractivity contribution in [1.82, 2.24) is 9.55 Å². The molecule has 0 bridgehead atoms. The molecule has 134 valence electrons. The molecule has 0 atom stereocenters. The number of hydrogen-bond donors (Lipinski definition) is 1. The van der Waals surface area contributed by atoms with Gasteiger partial charge >= 0.3 is 5.97 Å². The summed E-state index contributed by atoms with van der Waals surface area (Å²) in [7, 11) is 1.37. The molecule has 1 saturated carbocycles. The summed E-state index contributed by atoms with van der Waals surface area (Å²) in [5.41, 5.74) is 1.82. The molecule has 0 unspecified atom stereocenters. The Hall–Kier alpha value is -2.37. The van der Waals surface area contributed by atoms with Crippen LogP contribution >= 0.6 is 0 Å². The molecular formula is C19H25N3O3. The molecule has 1 aromatic heterocycles. The summed E-state index contributed by atoms with van der Waals surface area (Å²) in [5, 5.41) is 2.95. The maximum absolute atomic E-state index is 12.4. The van der Waals surface area contributed by atoms with E-state index >= 15 is 0 Å². The Morgan fingerprint density at radius 2 is 2.04 bits per heavy atom. The second-order valence-corrected chi connectivity index (χ2v) is 7.84. The average molecular weight is 343 g/mol. The third kappa shape index (κ3) is 3.52. The van der Waals surface area contributed by atoms with Crippen molar-refractivity contribution in [2.45, 2.75) is 52.5 Å². The lowest BCUT2D eigenvalue weighted by molar-refractivity contribution is -0.117. The molecule has 1 heterocycles. The third-order valence-electron chi connectivity index (χ3n) is 4.50. The van der Waals surface area contributed by atoms with E-state index in [1.165, 1.54) is 7.11 Å². The van der Waals surface area contributed by atoms with E-state index in [0.717, 1.165) is 24.8 Å². The molecule has 6 heteroatoms. The van der Waals surface area contributed by atoms with Gasteiger partial charge in [0.25, 0.3) is 0 Å². The standard InChI is InChI=1S/C19H25N3O3/c1-19(2,3)11-15(23)21-18-20-14-10-6-9-13(17(24)25-4)16(14)22(18)12-7-5-8-12/h6,9-10,12H,5,7-8,11H2,1-4H3,(H,20,21,23). The van der Waals surface area contributed by atoms with Crippen molar-refractivity contribution in [3.8, 4) is 0 Å². The van der Waals surface area contributed by atoms with E-state index in [1.54, 1.807) is 12.1 Å². The number of aromatic nitrogens is 2. The number of carbonyl (C=O) groups excluding carboxylic acids is 2. The number of amides is 1. The van der Waals surface area contributed by atoms with Crippen LogP contribution in [0.1, 0.15) is 62.9 Å². The summed E-state index contributed by atoms with van der Waals surface area (Å²) < 4.78 is 6.93. The number of imidazole rings is 1. The van der Waals surface area contributed by atoms with Gasteiger partial charge in [-0.15, -0.1) is 0 Å². The van der Waals surface area contributed by atoms with Gasteiger partial charge in [0.05, 0.1) is 23.7 Å². The molecule has 25 heavy (non-hydrogen) atoms. The van der Waals surface area contributed by atoms with Gasteiger partial charge in [-0.3, -0.25) is 10.1 Å². The Labute approximate surface area is 147 Å². The van der Waals surface area contributed by atoms with E-state index < -0.39 is 5.97 Å². The molecule has 1 aromatic carbocycles. The fourth-order valence-electron chi connectivity index (χ4n) is 3.16. The number of anilines is 1. The fourth-order valence-corrected chi connectivity index (χ4v) is 3.16. The fraction of sp³-hybridized carbons (Fsp3) is 0.526. The Morgan fingerprint density at radius 1 is 1.32 bits per heavy atom. The number of esters is 1. The van der Waals surface area contributed by atoms with Crippen LogP contribution in [0.5, 0.6) is 0 Å². The van der Waals surface area contributed by atoms with Gasteiger partial charge in [0.1, 0.15) is 0 Å². The van der Waals surface area contributed by atoms with Crippen LogP contribution in [0.3, 0.4) is 0 Å². The van der Waals surface area contributed by atoms with E-state index in [2.05, 4.69) is 10.3 Å². The van der Waals surface area contributed by atoms with E-state index in [0.29, 0.717) is 23.4 Å². The lowest BCUT2D eigenvalue weighted by atomic mass is 9.92. The number of rotatable bonds is 4. The highest BCUT2D eigenvalue weighted by Gasteiger charge is 2.28. The van der Waals surface area contributed by atoms with E-state index in [4.69, 9.17) is 4.74 Å². The number of methoxy groups -OCH3 is 1. The first kappa shape index (κ1) is 17.5. The van der Waals surface area contributed by atoms with Gasteiger partial charge in [-0.2, -0.15) is 0 Å². The molecule has 0 spiro atoms. The van der Waals surface area contributed by atoms with Gasteiger partial charge in [0, 0.05) is 12.5 Å². The summed E-state index contributed by atoms with van der Waals surface area (Å²) in [6, 6.07) is 5.64. The van der Waals surface area contributed by atoms with Crippen LogP contribution in [0, 0.1) is 5.41 Å². The number of benzene rings is 1. The molecule has 6 nitrogen and oxygen atoms in total. The second kappa shape index (κ2) is 6.50. The molecular weight excluding hydrogens is 318 g/mol. The maximum atomic E-state index is 12.4. The molecule has 0 aliphatic heterocycles. The van der Waals surface area contributed by atoms with Crippen molar-refractivity contribution in [3.05, 3.63) is 23.8 Å². The zero-order chi connectivity index (χ0) is 18.2. The van der Waals surface area contributed by atoms with Gasteiger partial charge in [0.2, 0.25) is 11.9 Å². The van der Waals surface area contributed by atoms with Crippen LogP contribution in [0.2, 0.25) is 0 Å². The van der Waals surface area contributed by atoms with Gasteiger partial charge in [-0.1, -0.05) is 26.8 Å². The van der Waals surface area contributed by atoms with Gasteiger partial charge in [-0.05, 0) is 36.8 Å². The largest absolute Gasteiger partial charge is 0.465 e. The number of ether oxygens (including phenoxy) is 1. The number of fused-ring (bicyclic) bond motifs is 1. The van der Waals surface area contributed by atoms with Crippen LogP contribution < -0.4 is 5.32 Å². The lowest BCUT2D eigenvalue weighted by Crippen LogP contribution is -2.25. The molecule has 2 aromatic rings. The third-order valence-corrected chi connectivity index (χ3v) is 4.50. The van der Waals surface area contributed by atoms with E-state index in [-0.39, 0.29) is 17.4 Å². The topological polar surface area (TPSA) is 73.2 Å². The van der Waals surface area contributed by atoms with Crippen molar-refractivity contribution in [2.75, 3.05) is 12.4 Å². The zero-order valence-corrected chi connectivity index (χ0v) is 15.3. The molecule has 1 fully saturated rings. The highest BCUT2D eigenvalue weighted by atomic mass is 16.5. The maximum Gasteiger partial charge on any atom is 0.340 e. The predicted octanol–water partition coefficient (Wildman–Crippen LogP) is 3.92. The Morgan fingerprint density at radius 3 is 2.60 bits per heavy atom. The smallest absolute Gasteiger partial charge is 0.340 e. The van der Waals surface area contributed by atoms with Crippen molar-refractivity contribution < 1.29 is 14.3 Å². The van der Waals surface area contributed by atoms with Crippen LogP contribution in [-0.2, 0) is 9.53 Å². The van der Waals surface area contributed by atoms with Gasteiger partial charge < -0.3 is 9.30 Å². The van der Waals surface area contributed by atoms with Gasteiger partial charge in [-0.25, -0.2) is 9.78 Å². The first-order chi connectivity index (χ1) is 11.8. The number of hydrogen-bond acceptors (Lipinski definition) is 4. The van der Waals surface area contributed by atoms with Crippen molar-refractivity contribution in [1.29, 1.82) is 0 Å². The number of nitrogens with zero attached hydrogens (tertiary/aromatic N) is 2. The Bertz CT molecular complexity index is 813. The molecule has 1 aliphatic rings.